The molecular formula is C18H13Cl2N5OS. The Balaban J connectivity index is 1.44. The van der Waals surface area contributed by atoms with Crippen LogP contribution in [0.25, 0.3) is 22.6 Å². The van der Waals surface area contributed by atoms with E-state index in [2.05, 4.69) is 25.6 Å². The van der Waals surface area contributed by atoms with Gasteiger partial charge in [0.25, 0.3) is 0 Å². The number of imidazole rings is 1. The number of aromatic amines is 1. The highest BCUT2D eigenvalue weighted by Crippen LogP contribution is 2.23. The summed E-state index contributed by atoms with van der Waals surface area (Å²) in [4.78, 5) is 24.1. The zero-order valence-electron chi connectivity index (χ0n) is 13.8. The van der Waals surface area contributed by atoms with Crippen molar-refractivity contribution in [1.29, 1.82) is 0 Å². The van der Waals surface area contributed by atoms with Gasteiger partial charge in [-0.05, 0) is 42.0 Å². The SMILES string of the molecule is O=C(NCc1cc(Cl)ccc1Cl)Nc1ccc2nc(-c3cscn3)[nH]c2c1. The van der Waals surface area contributed by atoms with Gasteiger partial charge in [0.05, 0.1) is 16.5 Å². The third-order valence-electron chi connectivity index (χ3n) is 3.86. The van der Waals surface area contributed by atoms with Crippen molar-refractivity contribution in [2.45, 2.75) is 6.54 Å². The molecule has 2 heterocycles. The largest absolute Gasteiger partial charge is 0.337 e. The zero-order chi connectivity index (χ0) is 18.8. The average molecular weight is 418 g/mol. The highest BCUT2D eigenvalue weighted by molar-refractivity contribution is 7.07. The van der Waals surface area contributed by atoms with Gasteiger partial charge in [0, 0.05) is 27.7 Å². The maximum atomic E-state index is 12.2. The summed E-state index contributed by atoms with van der Waals surface area (Å²) < 4.78 is 0. The summed E-state index contributed by atoms with van der Waals surface area (Å²) in [5.41, 5.74) is 5.55. The summed E-state index contributed by atoms with van der Waals surface area (Å²) in [6.45, 7) is 0.269. The van der Waals surface area contributed by atoms with E-state index in [0.29, 0.717) is 21.6 Å². The van der Waals surface area contributed by atoms with Gasteiger partial charge in [0.2, 0.25) is 0 Å². The van der Waals surface area contributed by atoms with E-state index in [-0.39, 0.29) is 12.6 Å². The van der Waals surface area contributed by atoms with Gasteiger partial charge in [0.1, 0.15) is 5.69 Å². The molecule has 3 N–H and O–H groups in total. The summed E-state index contributed by atoms with van der Waals surface area (Å²) >= 11 is 13.6. The van der Waals surface area contributed by atoms with Gasteiger partial charge in [-0.2, -0.15) is 0 Å². The molecule has 0 aliphatic carbocycles. The van der Waals surface area contributed by atoms with Gasteiger partial charge in [-0.25, -0.2) is 14.8 Å². The van der Waals surface area contributed by atoms with Crippen molar-refractivity contribution in [2.24, 2.45) is 0 Å². The molecule has 0 aliphatic rings. The number of rotatable bonds is 4. The van der Waals surface area contributed by atoms with Crippen LogP contribution in [0.1, 0.15) is 5.56 Å². The van der Waals surface area contributed by atoms with Crippen LogP contribution in [0.3, 0.4) is 0 Å². The molecule has 2 aromatic carbocycles. The third kappa shape index (κ3) is 4.05. The van der Waals surface area contributed by atoms with Crippen molar-refractivity contribution in [2.75, 3.05) is 5.32 Å². The molecule has 0 unspecified atom stereocenters. The maximum absolute atomic E-state index is 12.2. The number of aromatic nitrogens is 3. The Morgan fingerprint density at radius 1 is 1.19 bits per heavy atom. The summed E-state index contributed by atoms with van der Waals surface area (Å²) in [5, 5.41) is 8.60. The lowest BCUT2D eigenvalue weighted by atomic mass is 10.2. The topological polar surface area (TPSA) is 82.7 Å². The number of thiazole rings is 1. The number of benzene rings is 2. The summed E-state index contributed by atoms with van der Waals surface area (Å²) in [5.74, 6) is 0.698. The van der Waals surface area contributed by atoms with Crippen molar-refractivity contribution in [1.82, 2.24) is 20.3 Å². The Morgan fingerprint density at radius 2 is 2.07 bits per heavy atom. The molecule has 0 bridgehead atoms. The molecule has 0 fully saturated rings. The Hall–Kier alpha value is -2.61. The van der Waals surface area contributed by atoms with Crippen LogP contribution in [0.5, 0.6) is 0 Å². The number of fused-ring (bicyclic) bond motifs is 1. The number of halogens is 2. The second-order valence-corrected chi connectivity index (χ2v) is 7.30. The maximum Gasteiger partial charge on any atom is 0.319 e. The summed E-state index contributed by atoms with van der Waals surface area (Å²) in [6, 6.07) is 10.2. The minimum atomic E-state index is -0.343. The van der Waals surface area contributed by atoms with E-state index in [9.17, 15) is 4.79 Å². The van der Waals surface area contributed by atoms with Crippen molar-refractivity contribution in [3.8, 4) is 11.5 Å². The van der Waals surface area contributed by atoms with Crippen LogP contribution >= 0.6 is 34.5 Å². The van der Waals surface area contributed by atoms with E-state index < -0.39 is 0 Å². The Labute approximate surface area is 168 Å². The van der Waals surface area contributed by atoms with Crippen LogP contribution in [-0.2, 0) is 6.54 Å². The normalized spacial score (nSPS) is 10.9. The molecule has 0 spiro atoms. The third-order valence-corrected chi connectivity index (χ3v) is 5.05. The first kappa shape index (κ1) is 17.8. The smallest absolute Gasteiger partial charge is 0.319 e. The monoisotopic (exact) mass is 417 g/mol. The number of carbonyl (C=O) groups excluding carboxylic acids is 1. The van der Waals surface area contributed by atoms with E-state index in [1.807, 2.05) is 17.5 Å². The molecule has 0 atom stereocenters. The molecule has 0 aliphatic heterocycles. The van der Waals surface area contributed by atoms with E-state index in [1.165, 1.54) is 11.3 Å². The number of carbonyl (C=O) groups is 1. The number of hydrogen-bond acceptors (Lipinski definition) is 4. The number of nitrogens with one attached hydrogen (secondary N) is 3. The molecule has 6 nitrogen and oxygen atoms in total. The van der Waals surface area contributed by atoms with Crippen LogP contribution < -0.4 is 10.6 Å². The Bertz CT molecular complexity index is 1110. The van der Waals surface area contributed by atoms with Gasteiger partial charge in [-0.15, -0.1) is 11.3 Å². The number of nitrogens with zero attached hydrogens (tertiary/aromatic N) is 2. The van der Waals surface area contributed by atoms with Crippen LogP contribution in [0.15, 0.2) is 47.3 Å². The van der Waals surface area contributed by atoms with Gasteiger partial charge in [-0.1, -0.05) is 23.2 Å². The van der Waals surface area contributed by atoms with Gasteiger partial charge in [-0.3, -0.25) is 0 Å². The molecule has 136 valence electrons. The number of amides is 2. The standard InChI is InChI=1S/C18H13Cl2N5OS/c19-11-1-3-13(20)10(5-11)7-21-18(26)23-12-2-4-14-15(6-12)25-17(24-14)16-8-27-9-22-16/h1-6,8-9H,7H2,(H,24,25)(H2,21,23,26). The molecule has 0 saturated carbocycles. The molecule has 2 amide bonds. The molecule has 4 rings (SSSR count). The minimum absolute atomic E-state index is 0.269. The first-order valence-electron chi connectivity index (χ1n) is 7.95. The van der Waals surface area contributed by atoms with Crippen molar-refractivity contribution < 1.29 is 4.79 Å². The Kier molecular flexibility index (Phi) is 4.98. The number of hydrogen-bond donors (Lipinski definition) is 3. The lowest BCUT2D eigenvalue weighted by Gasteiger charge is -2.09. The van der Waals surface area contributed by atoms with E-state index in [4.69, 9.17) is 23.2 Å². The van der Waals surface area contributed by atoms with Crippen molar-refractivity contribution >= 4 is 57.3 Å². The van der Waals surface area contributed by atoms with E-state index >= 15 is 0 Å². The predicted octanol–water partition coefficient (Wildman–Crippen LogP) is 5.31. The number of H-pyrrole nitrogens is 1. The fourth-order valence-electron chi connectivity index (χ4n) is 2.57. The fourth-order valence-corrected chi connectivity index (χ4v) is 3.48. The highest BCUT2D eigenvalue weighted by atomic mass is 35.5. The van der Waals surface area contributed by atoms with Crippen LogP contribution in [0.4, 0.5) is 10.5 Å². The average Bonchev–Trinajstić information content (AvgIpc) is 3.31. The molecule has 0 radical (unpaired) electrons. The minimum Gasteiger partial charge on any atom is -0.337 e. The summed E-state index contributed by atoms with van der Waals surface area (Å²) in [6.07, 6.45) is 0. The Morgan fingerprint density at radius 3 is 2.89 bits per heavy atom. The van der Waals surface area contributed by atoms with Gasteiger partial charge < -0.3 is 15.6 Å². The highest BCUT2D eigenvalue weighted by Gasteiger charge is 2.09. The van der Waals surface area contributed by atoms with Crippen LogP contribution in [-0.4, -0.2) is 21.0 Å². The van der Waals surface area contributed by atoms with E-state index in [0.717, 1.165) is 22.3 Å². The summed E-state index contributed by atoms with van der Waals surface area (Å²) in [7, 11) is 0. The van der Waals surface area contributed by atoms with Crippen LogP contribution in [0, 0.1) is 0 Å². The van der Waals surface area contributed by atoms with Gasteiger partial charge >= 0.3 is 6.03 Å². The molecule has 4 aromatic rings. The first-order chi connectivity index (χ1) is 13.1. The zero-order valence-corrected chi connectivity index (χ0v) is 16.1. The fraction of sp³-hybridized carbons (Fsp3) is 0.0556. The number of anilines is 1. The molecule has 27 heavy (non-hydrogen) atoms. The molecular weight excluding hydrogens is 405 g/mol. The molecule has 9 heteroatoms. The van der Waals surface area contributed by atoms with Gasteiger partial charge in [0.15, 0.2) is 5.82 Å². The second-order valence-electron chi connectivity index (χ2n) is 5.73. The second kappa shape index (κ2) is 7.56. The molecule has 0 saturated heterocycles. The van der Waals surface area contributed by atoms with E-state index in [1.54, 1.807) is 29.8 Å². The van der Waals surface area contributed by atoms with Crippen molar-refractivity contribution in [3.63, 3.8) is 0 Å². The lowest BCUT2D eigenvalue weighted by molar-refractivity contribution is 0.252. The quantitative estimate of drug-likeness (QED) is 0.420. The number of urea groups is 1. The lowest BCUT2D eigenvalue weighted by Crippen LogP contribution is -2.28. The first-order valence-corrected chi connectivity index (χ1v) is 9.65. The molecule has 2 aromatic heterocycles. The van der Waals surface area contributed by atoms with Crippen LogP contribution in [0.2, 0.25) is 10.0 Å². The van der Waals surface area contributed by atoms with Crippen molar-refractivity contribution in [3.05, 3.63) is 62.9 Å². The predicted molar refractivity (Wildman–Crippen MR) is 110 cm³/mol.